The fourth-order valence-electron chi connectivity index (χ4n) is 6.96. The SMILES string of the molecule is CC(C)(C)c1cnn(Cc2cc3nccc(-c4cc(C#N)cc5c4N([C@@H]4CN[C@@H](CO)C4)C[C@@H]4CC[C@H]54)c3s2)c(=O)c1. The molecule has 42 heavy (non-hydrogen) atoms. The molecular formula is C33H36N6O2S. The molecule has 4 atom stereocenters. The van der Waals surface area contributed by atoms with Gasteiger partial charge in [-0.1, -0.05) is 20.8 Å². The quantitative estimate of drug-likeness (QED) is 0.350. The molecule has 7 rings (SSSR count). The number of nitriles is 1. The third-order valence-electron chi connectivity index (χ3n) is 9.46. The van der Waals surface area contributed by atoms with Crippen molar-refractivity contribution in [3.8, 4) is 17.2 Å². The van der Waals surface area contributed by atoms with Crippen molar-refractivity contribution in [1.29, 1.82) is 5.26 Å². The van der Waals surface area contributed by atoms with Crippen molar-refractivity contribution in [3.05, 3.63) is 74.6 Å². The Morgan fingerprint density at radius 1 is 1.19 bits per heavy atom. The molecule has 4 aromatic rings. The molecule has 3 aliphatic rings. The summed E-state index contributed by atoms with van der Waals surface area (Å²) in [6.07, 6.45) is 6.91. The molecule has 0 amide bonds. The highest BCUT2D eigenvalue weighted by Gasteiger charge is 2.44. The van der Waals surface area contributed by atoms with Gasteiger partial charge in [-0.3, -0.25) is 9.78 Å². The minimum atomic E-state index is -0.139. The number of aliphatic hydroxyl groups excluding tert-OH is 1. The topological polar surface area (TPSA) is 107 Å². The largest absolute Gasteiger partial charge is 0.395 e. The maximum absolute atomic E-state index is 12.9. The van der Waals surface area contributed by atoms with Crippen LogP contribution in [0.25, 0.3) is 21.3 Å². The Morgan fingerprint density at radius 2 is 2.05 bits per heavy atom. The van der Waals surface area contributed by atoms with Gasteiger partial charge in [0, 0.05) is 59.1 Å². The van der Waals surface area contributed by atoms with Crippen LogP contribution in [-0.4, -0.2) is 51.7 Å². The standard InChI is InChI=1S/C33H36N6O2S/c1-33(2,3)21-10-30(41)39(37-14-21)17-24-12-29-32(42-24)26(6-7-35-29)28-9-19(13-34)8-27-25-5-4-20(25)16-38(31(27)28)23-11-22(18-40)36-15-23/h6-10,12,14,20,22-23,25,36,40H,4-5,11,15-18H2,1-3H3/t20-,22+,23-,25-/m0/s1. The highest BCUT2D eigenvalue weighted by molar-refractivity contribution is 7.19. The van der Waals surface area contributed by atoms with E-state index in [9.17, 15) is 15.2 Å². The van der Waals surface area contributed by atoms with E-state index in [1.165, 1.54) is 22.4 Å². The fourth-order valence-corrected chi connectivity index (χ4v) is 8.09. The number of nitrogens with zero attached hydrogens (tertiary/aromatic N) is 5. The first-order valence-electron chi connectivity index (χ1n) is 14.9. The van der Waals surface area contributed by atoms with E-state index in [-0.39, 0.29) is 23.6 Å². The van der Waals surface area contributed by atoms with Crippen LogP contribution in [0.4, 0.5) is 5.69 Å². The summed E-state index contributed by atoms with van der Waals surface area (Å²) in [5.41, 5.74) is 6.91. The molecule has 0 spiro atoms. The highest BCUT2D eigenvalue weighted by Crippen LogP contribution is 2.54. The predicted molar refractivity (Wildman–Crippen MR) is 166 cm³/mol. The zero-order chi connectivity index (χ0) is 29.2. The molecule has 1 aliphatic carbocycles. The average molecular weight is 581 g/mol. The van der Waals surface area contributed by atoms with Crippen LogP contribution in [0.15, 0.2) is 47.5 Å². The third-order valence-corrected chi connectivity index (χ3v) is 10.6. The number of hydrogen-bond acceptors (Lipinski definition) is 8. The summed E-state index contributed by atoms with van der Waals surface area (Å²) in [6.45, 7) is 8.60. The second-order valence-corrected chi connectivity index (χ2v) is 14.3. The molecule has 9 heteroatoms. The highest BCUT2D eigenvalue weighted by atomic mass is 32.1. The minimum absolute atomic E-state index is 0.110. The van der Waals surface area contributed by atoms with Gasteiger partial charge in [-0.15, -0.1) is 11.3 Å². The Morgan fingerprint density at radius 3 is 2.74 bits per heavy atom. The van der Waals surface area contributed by atoms with Crippen molar-refractivity contribution in [2.45, 2.75) is 70.0 Å². The van der Waals surface area contributed by atoms with Crippen LogP contribution < -0.4 is 15.8 Å². The summed E-state index contributed by atoms with van der Waals surface area (Å²) in [7, 11) is 0. The summed E-state index contributed by atoms with van der Waals surface area (Å²) < 4.78 is 2.57. The van der Waals surface area contributed by atoms with Crippen LogP contribution in [0.1, 0.15) is 67.5 Å². The molecule has 0 unspecified atom stereocenters. The summed E-state index contributed by atoms with van der Waals surface area (Å²) >= 11 is 1.64. The lowest BCUT2D eigenvalue weighted by Gasteiger charge is -2.50. The number of anilines is 1. The normalized spacial score (nSPS) is 23.4. The number of aromatic nitrogens is 3. The minimum Gasteiger partial charge on any atom is -0.395 e. The molecule has 5 heterocycles. The Kier molecular flexibility index (Phi) is 6.69. The second kappa shape index (κ2) is 10.3. The van der Waals surface area contributed by atoms with Crippen molar-refractivity contribution in [1.82, 2.24) is 20.1 Å². The lowest BCUT2D eigenvalue weighted by atomic mass is 9.66. The first kappa shape index (κ1) is 27.3. The smallest absolute Gasteiger partial charge is 0.267 e. The zero-order valence-electron chi connectivity index (χ0n) is 24.3. The average Bonchev–Trinajstić information content (AvgIpc) is 3.60. The Labute approximate surface area is 249 Å². The molecule has 3 aromatic heterocycles. The van der Waals surface area contributed by atoms with E-state index in [2.05, 4.69) is 60.4 Å². The molecule has 0 bridgehead atoms. The summed E-state index contributed by atoms with van der Waals surface area (Å²) in [5.74, 6) is 1.09. The number of hydrogen-bond donors (Lipinski definition) is 2. The molecule has 2 N–H and O–H groups in total. The third kappa shape index (κ3) is 4.62. The van der Waals surface area contributed by atoms with Crippen LogP contribution in [0, 0.1) is 17.2 Å². The molecule has 1 saturated carbocycles. The number of benzene rings is 1. The van der Waals surface area contributed by atoms with E-state index in [1.807, 2.05) is 12.3 Å². The Hall–Kier alpha value is -3.58. The number of rotatable bonds is 5. The number of pyridine rings is 1. The number of aliphatic hydroxyl groups is 1. The van der Waals surface area contributed by atoms with Gasteiger partial charge in [0.25, 0.3) is 5.56 Å². The van der Waals surface area contributed by atoms with E-state index in [1.54, 1.807) is 23.6 Å². The number of fused-ring (bicyclic) bond motifs is 4. The predicted octanol–water partition coefficient (Wildman–Crippen LogP) is 4.77. The van der Waals surface area contributed by atoms with E-state index in [0.717, 1.165) is 57.7 Å². The van der Waals surface area contributed by atoms with E-state index in [0.29, 0.717) is 30.0 Å². The second-order valence-electron chi connectivity index (χ2n) is 13.1. The summed E-state index contributed by atoms with van der Waals surface area (Å²) in [5, 5.41) is 27.9. The maximum Gasteiger partial charge on any atom is 0.267 e. The molecule has 2 aliphatic heterocycles. The maximum atomic E-state index is 12.9. The van der Waals surface area contributed by atoms with Gasteiger partial charge in [0.15, 0.2) is 0 Å². The van der Waals surface area contributed by atoms with Gasteiger partial charge in [-0.25, -0.2) is 4.68 Å². The van der Waals surface area contributed by atoms with E-state index in [4.69, 9.17) is 4.98 Å². The molecule has 1 aromatic carbocycles. The monoisotopic (exact) mass is 580 g/mol. The Balaban J connectivity index is 1.33. The van der Waals surface area contributed by atoms with Crippen molar-refractivity contribution >= 4 is 27.2 Å². The molecule has 8 nitrogen and oxygen atoms in total. The van der Waals surface area contributed by atoms with Crippen LogP contribution >= 0.6 is 11.3 Å². The van der Waals surface area contributed by atoms with Crippen LogP contribution in [0.2, 0.25) is 0 Å². The Bertz CT molecular complexity index is 1780. The van der Waals surface area contributed by atoms with Crippen LogP contribution in [0.5, 0.6) is 0 Å². The van der Waals surface area contributed by atoms with Crippen LogP contribution in [-0.2, 0) is 12.0 Å². The molecule has 2 fully saturated rings. The van der Waals surface area contributed by atoms with E-state index >= 15 is 0 Å². The van der Waals surface area contributed by atoms with E-state index < -0.39 is 0 Å². The first-order valence-corrected chi connectivity index (χ1v) is 15.7. The van der Waals surface area contributed by atoms with Crippen molar-refractivity contribution in [3.63, 3.8) is 0 Å². The lowest BCUT2D eigenvalue weighted by Crippen LogP contribution is -2.48. The van der Waals surface area contributed by atoms with Gasteiger partial charge in [0.05, 0.1) is 41.2 Å². The van der Waals surface area contributed by atoms with Gasteiger partial charge in [-0.05, 0) is 71.9 Å². The van der Waals surface area contributed by atoms with Crippen molar-refractivity contribution in [2.75, 3.05) is 24.6 Å². The zero-order valence-corrected chi connectivity index (χ0v) is 25.1. The van der Waals surface area contributed by atoms with Crippen LogP contribution in [0.3, 0.4) is 0 Å². The van der Waals surface area contributed by atoms with Crippen molar-refractivity contribution < 1.29 is 5.11 Å². The molecule has 0 radical (unpaired) electrons. The van der Waals surface area contributed by atoms with Crippen molar-refractivity contribution in [2.24, 2.45) is 5.92 Å². The number of nitrogens with one attached hydrogen (secondary N) is 1. The fraction of sp³-hybridized carbons (Fsp3) is 0.455. The summed E-state index contributed by atoms with van der Waals surface area (Å²) in [6, 6.07) is 12.8. The molecular weight excluding hydrogens is 544 g/mol. The molecule has 1 saturated heterocycles. The molecule has 216 valence electrons. The summed E-state index contributed by atoms with van der Waals surface area (Å²) in [4.78, 5) is 21.2. The van der Waals surface area contributed by atoms with Gasteiger partial charge >= 0.3 is 0 Å². The first-order chi connectivity index (χ1) is 20.2. The van der Waals surface area contributed by atoms with Gasteiger partial charge in [0.2, 0.25) is 0 Å². The van der Waals surface area contributed by atoms with Gasteiger partial charge in [-0.2, -0.15) is 10.4 Å². The lowest BCUT2D eigenvalue weighted by molar-refractivity contribution is 0.237. The van der Waals surface area contributed by atoms with Gasteiger partial charge < -0.3 is 15.3 Å². The van der Waals surface area contributed by atoms with Gasteiger partial charge in [0.1, 0.15) is 0 Å². The number of thiophene rings is 1.